The van der Waals surface area contributed by atoms with E-state index in [0.717, 1.165) is 0 Å². The highest BCUT2D eigenvalue weighted by Gasteiger charge is 2.48. The Labute approximate surface area is 129 Å². The van der Waals surface area contributed by atoms with E-state index < -0.39 is 9.28 Å². The van der Waals surface area contributed by atoms with Gasteiger partial charge in [-0.3, -0.25) is 0 Å². The summed E-state index contributed by atoms with van der Waals surface area (Å²) in [6.45, 7) is 9.07. The zero-order chi connectivity index (χ0) is 15.7. The molecule has 113 valence electrons. The molecule has 2 rings (SSSR count). The van der Waals surface area contributed by atoms with E-state index in [4.69, 9.17) is 8.85 Å². The molecular weight excluding hydrogens is 276 g/mol. The third-order valence-corrected chi connectivity index (χ3v) is 7.29. The molecule has 2 nitrogen and oxygen atoms in total. The molecule has 0 unspecified atom stereocenters. The van der Waals surface area contributed by atoms with E-state index in [1.807, 2.05) is 0 Å². The molecule has 0 bridgehead atoms. The van der Waals surface area contributed by atoms with Crippen LogP contribution in [0.15, 0.2) is 42.5 Å². The van der Waals surface area contributed by atoms with E-state index in [-0.39, 0.29) is 10.5 Å². The first-order valence-electron chi connectivity index (χ1n) is 7.30. The summed E-state index contributed by atoms with van der Waals surface area (Å²) in [7, 11) is 2.13. The van der Waals surface area contributed by atoms with Gasteiger partial charge in [-0.2, -0.15) is 0 Å². The molecule has 0 aliphatic rings. The lowest BCUT2D eigenvalue weighted by Crippen LogP contribution is -2.45. The molecule has 2 aromatic rings. The number of benzene rings is 2. The fraction of sp³-hybridized carbons (Fsp3) is 0.444. The first kappa shape index (κ1) is 16.2. The van der Waals surface area contributed by atoms with E-state index in [9.17, 15) is 0 Å². The van der Waals surface area contributed by atoms with Crippen molar-refractivity contribution < 1.29 is 8.85 Å². The molecule has 21 heavy (non-hydrogen) atoms. The molecule has 0 saturated heterocycles. The minimum Gasteiger partial charge on any atom is -0.396 e. The second kappa shape index (κ2) is 5.91. The lowest BCUT2D eigenvalue weighted by molar-refractivity contribution is 0.214. The third kappa shape index (κ3) is 2.66. The molecule has 0 spiro atoms. The van der Waals surface area contributed by atoms with Gasteiger partial charge in [-0.15, -0.1) is 0 Å². The van der Waals surface area contributed by atoms with Crippen LogP contribution in [0.4, 0.5) is 0 Å². The van der Waals surface area contributed by atoms with Crippen LogP contribution in [0.1, 0.15) is 33.3 Å². The third-order valence-electron chi connectivity index (χ3n) is 4.91. The standard InChI is InChI=1S/C18H25O2Si/c1-17(2,18(3,4)21(19-5)20-6)16-13-9-11-14-10-7-8-12-15(14)16/h7-13H,1-6H3. The maximum Gasteiger partial charge on any atom is 0.391 e. The van der Waals surface area contributed by atoms with Gasteiger partial charge in [0.1, 0.15) is 0 Å². The van der Waals surface area contributed by atoms with Crippen molar-refractivity contribution in [1.29, 1.82) is 0 Å². The summed E-state index contributed by atoms with van der Waals surface area (Å²) < 4.78 is 11.3. The monoisotopic (exact) mass is 301 g/mol. The van der Waals surface area contributed by atoms with Crippen molar-refractivity contribution in [2.75, 3.05) is 14.2 Å². The van der Waals surface area contributed by atoms with E-state index >= 15 is 0 Å². The Morgan fingerprint density at radius 2 is 1.38 bits per heavy atom. The van der Waals surface area contributed by atoms with E-state index in [1.54, 1.807) is 14.2 Å². The number of fused-ring (bicyclic) bond motifs is 1. The summed E-state index contributed by atoms with van der Waals surface area (Å²) in [5.74, 6) is 0. The van der Waals surface area contributed by atoms with Gasteiger partial charge < -0.3 is 8.85 Å². The topological polar surface area (TPSA) is 18.5 Å². The van der Waals surface area contributed by atoms with E-state index in [2.05, 4.69) is 70.2 Å². The maximum absolute atomic E-state index is 5.66. The van der Waals surface area contributed by atoms with Crippen molar-refractivity contribution in [2.45, 2.75) is 38.1 Å². The minimum atomic E-state index is -1.37. The number of hydrogen-bond donors (Lipinski definition) is 0. The number of hydrogen-bond acceptors (Lipinski definition) is 2. The number of rotatable bonds is 5. The Morgan fingerprint density at radius 1 is 0.810 bits per heavy atom. The predicted molar refractivity (Wildman–Crippen MR) is 90.8 cm³/mol. The van der Waals surface area contributed by atoms with Crippen molar-refractivity contribution in [1.82, 2.24) is 0 Å². The lowest BCUT2D eigenvalue weighted by atomic mass is 9.72. The normalized spacial score (nSPS) is 13.1. The van der Waals surface area contributed by atoms with Gasteiger partial charge in [0.25, 0.3) is 0 Å². The largest absolute Gasteiger partial charge is 0.396 e. The average molecular weight is 301 g/mol. The van der Waals surface area contributed by atoms with Gasteiger partial charge in [0.05, 0.1) is 0 Å². The van der Waals surface area contributed by atoms with Crippen LogP contribution in [0.3, 0.4) is 0 Å². The summed E-state index contributed by atoms with van der Waals surface area (Å²) in [4.78, 5) is 0. The molecule has 1 radical (unpaired) electrons. The Kier molecular flexibility index (Phi) is 4.56. The van der Waals surface area contributed by atoms with Crippen LogP contribution in [0, 0.1) is 0 Å². The summed E-state index contributed by atoms with van der Waals surface area (Å²) in [5, 5.41) is 2.51. The molecule has 0 heterocycles. The quantitative estimate of drug-likeness (QED) is 0.747. The van der Waals surface area contributed by atoms with Crippen LogP contribution in [0.25, 0.3) is 10.8 Å². The molecular formula is C18H25O2Si. The highest BCUT2D eigenvalue weighted by molar-refractivity contribution is 6.48. The van der Waals surface area contributed by atoms with Crippen molar-refractivity contribution in [3.05, 3.63) is 48.0 Å². The SMILES string of the molecule is CO[Si](OC)C(C)(C)C(C)(C)c1cccc2ccccc12. The molecule has 0 fully saturated rings. The van der Waals surface area contributed by atoms with Gasteiger partial charge in [0.15, 0.2) is 0 Å². The molecule has 0 aliphatic heterocycles. The van der Waals surface area contributed by atoms with Crippen LogP contribution >= 0.6 is 0 Å². The Morgan fingerprint density at radius 3 is 2.00 bits per heavy atom. The minimum absolute atomic E-state index is 0.0613. The van der Waals surface area contributed by atoms with Crippen molar-refractivity contribution in [3.63, 3.8) is 0 Å². The smallest absolute Gasteiger partial charge is 0.391 e. The highest BCUT2D eigenvalue weighted by Crippen LogP contribution is 2.50. The second-order valence-corrected chi connectivity index (χ2v) is 9.11. The summed E-state index contributed by atoms with van der Waals surface area (Å²) in [6.07, 6.45) is 0. The van der Waals surface area contributed by atoms with Crippen LogP contribution in [0.5, 0.6) is 0 Å². The van der Waals surface area contributed by atoms with Gasteiger partial charge in [0.2, 0.25) is 0 Å². The van der Waals surface area contributed by atoms with Crippen molar-refractivity contribution in [2.24, 2.45) is 0 Å². The van der Waals surface area contributed by atoms with Crippen LogP contribution < -0.4 is 0 Å². The fourth-order valence-corrected chi connectivity index (χ4v) is 4.79. The average Bonchev–Trinajstić information content (AvgIpc) is 2.47. The lowest BCUT2D eigenvalue weighted by Gasteiger charge is -2.44. The predicted octanol–water partition coefficient (Wildman–Crippen LogP) is 4.68. The Balaban J connectivity index is 2.61. The van der Waals surface area contributed by atoms with Crippen LogP contribution in [-0.4, -0.2) is 23.5 Å². The van der Waals surface area contributed by atoms with E-state index in [0.29, 0.717) is 0 Å². The zero-order valence-electron chi connectivity index (χ0n) is 13.9. The van der Waals surface area contributed by atoms with Crippen LogP contribution in [-0.2, 0) is 14.3 Å². The van der Waals surface area contributed by atoms with Gasteiger partial charge in [-0.1, -0.05) is 70.2 Å². The molecule has 0 atom stereocenters. The van der Waals surface area contributed by atoms with Crippen LogP contribution in [0.2, 0.25) is 5.04 Å². The summed E-state index contributed by atoms with van der Waals surface area (Å²) in [5.41, 5.74) is 1.29. The Hall–Kier alpha value is -1.16. The molecule has 0 aliphatic carbocycles. The molecule has 3 heteroatoms. The second-order valence-electron chi connectivity index (χ2n) is 6.47. The fourth-order valence-electron chi connectivity index (χ4n) is 2.96. The van der Waals surface area contributed by atoms with E-state index in [1.165, 1.54) is 16.3 Å². The first-order chi connectivity index (χ1) is 9.86. The van der Waals surface area contributed by atoms with Gasteiger partial charge in [-0.25, -0.2) is 0 Å². The van der Waals surface area contributed by atoms with Gasteiger partial charge >= 0.3 is 9.28 Å². The maximum atomic E-state index is 5.66. The molecule has 0 amide bonds. The first-order valence-corrected chi connectivity index (χ1v) is 8.61. The molecule has 0 N–H and O–H groups in total. The van der Waals surface area contributed by atoms with Crippen molar-refractivity contribution in [3.8, 4) is 0 Å². The van der Waals surface area contributed by atoms with Gasteiger partial charge in [-0.05, 0) is 21.8 Å². The molecule has 2 aromatic carbocycles. The van der Waals surface area contributed by atoms with Crippen molar-refractivity contribution >= 4 is 20.1 Å². The zero-order valence-corrected chi connectivity index (χ0v) is 14.9. The summed E-state index contributed by atoms with van der Waals surface area (Å²) >= 11 is 0. The summed E-state index contributed by atoms with van der Waals surface area (Å²) in [6, 6.07) is 15.1. The highest BCUT2D eigenvalue weighted by atomic mass is 28.3. The van der Waals surface area contributed by atoms with Gasteiger partial charge in [0, 0.05) is 19.3 Å². The molecule has 0 saturated carbocycles. The molecule has 0 aromatic heterocycles. The Bertz CT molecular complexity index is 610.